The summed E-state index contributed by atoms with van der Waals surface area (Å²) in [4.78, 5) is 21.1. The van der Waals surface area contributed by atoms with E-state index in [-0.39, 0.29) is 6.03 Å². The first-order valence-electron chi connectivity index (χ1n) is 7.16. The Morgan fingerprint density at radius 3 is 3.14 bits per heavy atom. The van der Waals surface area contributed by atoms with Crippen molar-refractivity contribution in [3.8, 4) is 0 Å². The summed E-state index contributed by atoms with van der Waals surface area (Å²) in [6.45, 7) is 4.30. The van der Waals surface area contributed by atoms with Gasteiger partial charge in [0.25, 0.3) is 0 Å². The van der Waals surface area contributed by atoms with Gasteiger partial charge in [0.1, 0.15) is 0 Å². The molecule has 0 fully saturated rings. The van der Waals surface area contributed by atoms with Gasteiger partial charge < -0.3 is 20.5 Å². The van der Waals surface area contributed by atoms with Crippen molar-refractivity contribution in [2.75, 3.05) is 23.3 Å². The normalized spacial score (nSPS) is 13.1. The third-order valence-electron chi connectivity index (χ3n) is 3.59. The summed E-state index contributed by atoms with van der Waals surface area (Å²) in [5.74, 6) is 0. The zero-order chi connectivity index (χ0) is 14.7. The van der Waals surface area contributed by atoms with Crippen molar-refractivity contribution in [2.24, 2.45) is 0 Å². The van der Waals surface area contributed by atoms with E-state index in [1.54, 1.807) is 6.33 Å². The number of nitrogens with one attached hydrogen (secondary N) is 3. The average molecular weight is 285 g/mol. The Labute approximate surface area is 123 Å². The van der Waals surface area contributed by atoms with Gasteiger partial charge in [-0.1, -0.05) is 6.07 Å². The summed E-state index contributed by atoms with van der Waals surface area (Å²) in [6, 6.07) is 5.90. The smallest absolute Gasteiger partial charge is 0.319 e. The average Bonchev–Trinajstić information content (AvgIpc) is 3.10. The molecule has 0 unspecified atom stereocenters. The molecular formula is C15H19N5O. The fourth-order valence-electron chi connectivity index (χ4n) is 2.60. The van der Waals surface area contributed by atoms with Crippen molar-refractivity contribution in [2.45, 2.75) is 19.9 Å². The largest absolute Gasteiger partial charge is 0.365 e. The highest BCUT2D eigenvalue weighted by Crippen LogP contribution is 2.31. The number of carbonyl (C=O) groups excluding carboxylic acids is 1. The number of rotatable bonds is 4. The molecule has 1 aliphatic heterocycles. The van der Waals surface area contributed by atoms with E-state index in [9.17, 15) is 4.79 Å². The molecule has 3 rings (SSSR count). The van der Waals surface area contributed by atoms with Gasteiger partial charge in [-0.05, 0) is 31.0 Å². The maximum atomic E-state index is 11.6. The molecule has 0 aliphatic carbocycles. The van der Waals surface area contributed by atoms with Crippen LogP contribution in [0.3, 0.4) is 0 Å². The highest BCUT2D eigenvalue weighted by Gasteiger charge is 2.20. The van der Waals surface area contributed by atoms with Crippen molar-refractivity contribution in [3.63, 3.8) is 0 Å². The van der Waals surface area contributed by atoms with Crippen LogP contribution in [0, 0.1) is 0 Å². The molecular weight excluding hydrogens is 266 g/mol. The molecule has 0 saturated carbocycles. The predicted molar refractivity (Wildman–Crippen MR) is 82.5 cm³/mol. The second-order valence-corrected chi connectivity index (χ2v) is 5.08. The van der Waals surface area contributed by atoms with E-state index in [1.165, 1.54) is 11.3 Å². The van der Waals surface area contributed by atoms with E-state index in [4.69, 9.17) is 0 Å². The summed E-state index contributed by atoms with van der Waals surface area (Å²) >= 11 is 0. The highest BCUT2D eigenvalue weighted by molar-refractivity contribution is 5.90. The first-order chi connectivity index (χ1) is 10.3. The number of hydrogen-bond acceptors (Lipinski definition) is 3. The number of nitrogens with zero attached hydrogens (tertiary/aromatic N) is 2. The number of hydrogen-bond donors (Lipinski definition) is 3. The zero-order valence-corrected chi connectivity index (χ0v) is 12.0. The molecule has 6 nitrogen and oxygen atoms in total. The highest BCUT2D eigenvalue weighted by atomic mass is 16.2. The quantitative estimate of drug-likeness (QED) is 0.805. The van der Waals surface area contributed by atoms with E-state index in [1.807, 2.05) is 25.3 Å². The number of H-pyrrole nitrogens is 1. The lowest BCUT2D eigenvalue weighted by atomic mass is 10.1. The van der Waals surface area contributed by atoms with Crippen LogP contribution in [0.2, 0.25) is 0 Å². The van der Waals surface area contributed by atoms with Crippen LogP contribution in [0.15, 0.2) is 30.7 Å². The second kappa shape index (κ2) is 5.87. The number of aromatic amines is 1. The van der Waals surface area contributed by atoms with Crippen molar-refractivity contribution in [1.82, 2.24) is 15.3 Å². The molecule has 2 amide bonds. The van der Waals surface area contributed by atoms with Gasteiger partial charge in [-0.3, -0.25) is 0 Å². The summed E-state index contributed by atoms with van der Waals surface area (Å²) in [5.41, 5.74) is 4.40. The number of anilines is 2. The Morgan fingerprint density at radius 1 is 1.48 bits per heavy atom. The summed E-state index contributed by atoms with van der Waals surface area (Å²) in [5, 5.41) is 5.59. The first-order valence-corrected chi connectivity index (χ1v) is 7.16. The molecule has 0 saturated heterocycles. The Bertz CT molecular complexity index is 623. The minimum absolute atomic E-state index is 0.171. The van der Waals surface area contributed by atoms with Crippen molar-refractivity contribution in [3.05, 3.63) is 42.0 Å². The lowest BCUT2D eigenvalue weighted by molar-refractivity contribution is 0.252. The monoisotopic (exact) mass is 285 g/mol. The molecule has 6 heteroatoms. The van der Waals surface area contributed by atoms with Crippen LogP contribution in [0.1, 0.15) is 18.2 Å². The number of imidazole rings is 1. The predicted octanol–water partition coefficient (Wildman–Crippen LogP) is 2.11. The Kier molecular flexibility index (Phi) is 3.77. The van der Waals surface area contributed by atoms with E-state index >= 15 is 0 Å². The third kappa shape index (κ3) is 2.99. The molecule has 0 atom stereocenters. The molecule has 0 spiro atoms. The number of urea groups is 1. The fraction of sp³-hybridized carbons (Fsp3) is 0.333. The molecule has 1 aromatic heterocycles. The van der Waals surface area contributed by atoms with E-state index in [0.717, 1.165) is 30.9 Å². The van der Waals surface area contributed by atoms with Crippen LogP contribution in [-0.4, -0.2) is 29.1 Å². The van der Waals surface area contributed by atoms with Gasteiger partial charge in [0.05, 0.1) is 18.6 Å². The van der Waals surface area contributed by atoms with Gasteiger partial charge in [-0.2, -0.15) is 0 Å². The number of fused-ring (bicyclic) bond motifs is 1. The lowest BCUT2D eigenvalue weighted by Crippen LogP contribution is -2.28. The standard InChI is InChI=1S/C15H19N5O/c1-2-17-15(21)19-12-4-3-11-5-6-20(14(11)7-12)9-13-8-16-10-18-13/h3-4,7-8,10H,2,5-6,9H2,1H3,(H,16,18)(H2,17,19,21). The molecule has 110 valence electrons. The van der Waals surface area contributed by atoms with Gasteiger partial charge in [0, 0.05) is 30.7 Å². The SMILES string of the molecule is CCNC(=O)Nc1ccc2c(c1)N(Cc1cnc[nH]1)CC2. The van der Waals surface area contributed by atoms with Crippen LogP contribution in [0.4, 0.5) is 16.2 Å². The summed E-state index contributed by atoms with van der Waals surface area (Å²) in [6.07, 6.45) is 4.57. The molecule has 21 heavy (non-hydrogen) atoms. The van der Waals surface area contributed by atoms with Gasteiger partial charge in [-0.15, -0.1) is 0 Å². The topological polar surface area (TPSA) is 73.1 Å². The molecule has 1 aromatic carbocycles. The lowest BCUT2D eigenvalue weighted by Gasteiger charge is -2.19. The molecule has 0 bridgehead atoms. The Hall–Kier alpha value is -2.50. The van der Waals surface area contributed by atoms with E-state index in [2.05, 4.69) is 31.6 Å². The zero-order valence-electron chi connectivity index (χ0n) is 12.0. The van der Waals surface area contributed by atoms with Crippen LogP contribution < -0.4 is 15.5 Å². The Morgan fingerprint density at radius 2 is 2.38 bits per heavy atom. The summed E-state index contributed by atoms with van der Waals surface area (Å²) in [7, 11) is 0. The maximum absolute atomic E-state index is 11.6. The minimum Gasteiger partial charge on any atom is -0.365 e. The molecule has 3 N–H and O–H groups in total. The minimum atomic E-state index is -0.171. The van der Waals surface area contributed by atoms with Crippen molar-refractivity contribution >= 4 is 17.4 Å². The van der Waals surface area contributed by atoms with Gasteiger partial charge in [0.2, 0.25) is 0 Å². The van der Waals surface area contributed by atoms with Gasteiger partial charge in [-0.25, -0.2) is 9.78 Å². The van der Waals surface area contributed by atoms with Crippen molar-refractivity contribution in [1.29, 1.82) is 0 Å². The molecule has 2 aromatic rings. The number of carbonyl (C=O) groups is 1. The van der Waals surface area contributed by atoms with Crippen LogP contribution in [0.5, 0.6) is 0 Å². The third-order valence-corrected chi connectivity index (χ3v) is 3.59. The van der Waals surface area contributed by atoms with E-state index < -0.39 is 0 Å². The fourth-order valence-corrected chi connectivity index (χ4v) is 2.60. The Balaban J connectivity index is 1.75. The van der Waals surface area contributed by atoms with Gasteiger partial charge in [0.15, 0.2) is 0 Å². The molecule has 0 radical (unpaired) electrons. The summed E-state index contributed by atoms with van der Waals surface area (Å²) < 4.78 is 0. The number of benzene rings is 1. The molecule has 1 aliphatic rings. The van der Waals surface area contributed by atoms with Gasteiger partial charge >= 0.3 is 6.03 Å². The maximum Gasteiger partial charge on any atom is 0.319 e. The van der Waals surface area contributed by atoms with Crippen LogP contribution in [0.25, 0.3) is 0 Å². The molecule has 2 heterocycles. The van der Waals surface area contributed by atoms with Crippen LogP contribution in [-0.2, 0) is 13.0 Å². The second-order valence-electron chi connectivity index (χ2n) is 5.08. The number of amides is 2. The van der Waals surface area contributed by atoms with E-state index in [0.29, 0.717) is 6.54 Å². The van der Waals surface area contributed by atoms with Crippen LogP contribution >= 0.6 is 0 Å². The van der Waals surface area contributed by atoms with Crippen molar-refractivity contribution < 1.29 is 4.79 Å². The number of aromatic nitrogens is 2. The first kappa shape index (κ1) is 13.5.